The molecule has 1 saturated carbocycles. The van der Waals surface area contributed by atoms with Crippen molar-refractivity contribution in [2.75, 3.05) is 13.2 Å². The van der Waals surface area contributed by atoms with E-state index >= 15 is 0 Å². The molecule has 1 fully saturated rings. The number of unbranched alkanes of at least 4 members (excludes halogenated alkanes) is 2. The lowest BCUT2D eigenvalue weighted by molar-refractivity contribution is -0.0722. The average Bonchev–Trinajstić information content (AvgIpc) is 2.16. The van der Waals surface area contributed by atoms with Crippen LogP contribution < -0.4 is 5.32 Å². The molecule has 0 aromatic heterocycles. The van der Waals surface area contributed by atoms with Crippen molar-refractivity contribution in [3.8, 4) is 0 Å². The average molecular weight is 201 g/mol. The highest BCUT2D eigenvalue weighted by molar-refractivity contribution is 5.01. The third-order valence-electron chi connectivity index (χ3n) is 3.44. The zero-order chi connectivity index (χ0) is 10.6. The lowest BCUT2D eigenvalue weighted by atomic mass is 9.64. The Bertz CT molecular complexity index is 171. The maximum atomic E-state index is 9.51. The number of aliphatic hydroxyl groups excluding tert-OH is 2. The molecule has 0 saturated heterocycles. The van der Waals surface area contributed by atoms with Crippen LogP contribution in [0.15, 0.2) is 0 Å². The van der Waals surface area contributed by atoms with E-state index < -0.39 is 0 Å². The number of rotatable bonds is 6. The van der Waals surface area contributed by atoms with Gasteiger partial charge in [0.1, 0.15) is 0 Å². The van der Waals surface area contributed by atoms with Crippen molar-refractivity contribution >= 4 is 0 Å². The number of hydrogen-bond acceptors (Lipinski definition) is 3. The van der Waals surface area contributed by atoms with Crippen molar-refractivity contribution in [2.24, 2.45) is 5.41 Å². The van der Waals surface area contributed by atoms with Gasteiger partial charge in [-0.15, -0.1) is 0 Å². The molecule has 1 rings (SSSR count). The Hall–Kier alpha value is -0.120. The van der Waals surface area contributed by atoms with Gasteiger partial charge in [-0.25, -0.2) is 0 Å². The number of hydrogen-bond donors (Lipinski definition) is 3. The second kappa shape index (κ2) is 5.10. The first kappa shape index (κ1) is 12.0. The molecule has 0 bridgehead atoms. The highest BCUT2D eigenvalue weighted by Crippen LogP contribution is 2.40. The minimum Gasteiger partial charge on any atom is -0.396 e. The van der Waals surface area contributed by atoms with E-state index in [0.29, 0.717) is 12.6 Å². The molecule has 3 N–H and O–H groups in total. The molecular formula is C11H23NO2. The van der Waals surface area contributed by atoms with Crippen LogP contribution in [0, 0.1) is 5.41 Å². The Morgan fingerprint density at radius 1 is 1.29 bits per heavy atom. The molecule has 2 atom stereocenters. The summed E-state index contributed by atoms with van der Waals surface area (Å²) in [5.41, 5.74) is 0.0387. The zero-order valence-corrected chi connectivity index (χ0v) is 9.29. The Labute approximate surface area is 86.5 Å². The van der Waals surface area contributed by atoms with E-state index in [1.54, 1.807) is 0 Å². The van der Waals surface area contributed by atoms with Gasteiger partial charge < -0.3 is 15.5 Å². The molecule has 0 aliphatic heterocycles. The molecule has 1 aliphatic rings. The van der Waals surface area contributed by atoms with Crippen molar-refractivity contribution < 1.29 is 10.2 Å². The van der Waals surface area contributed by atoms with Gasteiger partial charge in [0, 0.05) is 18.1 Å². The highest BCUT2D eigenvalue weighted by atomic mass is 16.3. The minimum absolute atomic E-state index is 0.0387. The van der Waals surface area contributed by atoms with Crippen molar-refractivity contribution in [3.05, 3.63) is 0 Å². The molecule has 3 nitrogen and oxygen atoms in total. The van der Waals surface area contributed by atoms with Crippen LogP contribution in [0.1, 0.15) is 39.5 Å². The number of nitrogens with one attached hydrogen (secondary N) is 1. The summed E-state index contributed by atoms with van der Waals surface area (Å²) in [6.45, 7) is 5.51. The van der Waals surface area contributed by atoms with E-state index in [0.717, 1.165) is 32.2 Å². The maximum Gasteiger partial charge on any atom is 0.0621 e. The Morgan fingerprint density at radius 2 is 2.00 bits per heavy atom. The van der Waals surface area contributed by atoms with Gasteiger partial charge in [0.15, 0.2) is 0 Å². The van der Waals surface area contributed by atoms with Gasteiger partial charge in [-0.05, 0) is 32.2 Å². The molecule has 0 aromatic carbocycles. The summed E-state index contributed by atoms with van der Waals surface area (Å²) in [7, 11) is 0. The number of aliphatic hydroxyl groups is 2. The molecule has 1 aliphatic carbocycles. The molecule has 0 spiro atoms. The Balaban J connectivity index is 2.03. The predicted molar refractivity (Wildman–Crippen MR) is 57.1 cm³/mol. The SMILES string of the molecule is CC1(C)C(O)CC1NCCCCCO. The minimum atomic E-state index is -0.141. The smallest absolute Gasteiger partial charge is 0.0621 e. The summed E-state index contributed by atoms with van der Waals surface area (Å²) in [5.74, 6) is 0. The molecule has 14 heavy (non-hydrogen) atoms. The van der Waals surface area contributed by atoms with Crippen molar-refractivity contribution in [2.45, 2.75) is 51.7 Å². The van der Waals surface area contributed by atoms with Crippen LogP contribution >= 0.6 is 0 Å². The largest absolute Gasteiger partial charge is 0.396 e. The van der Waals surface area contributed by atoms with Gasteiger partial charge in [-0.1, -0.05) is 13.8 Å². The first-order valence-corrected chi connectivity index (χ1v) is 5.61. The predicted octanol–water partition coefficient (Wildman–Crippen LogP) is 0.898. The second-order valence-corrected chi connectivity index (χ2v) is 4.86. The highest BCUT2D eigenvalue weighted by Gasteiger charge is 2.46. The normalized spacial score (nSPS) is 30.0. The molecule has 0 heterocycles. The second-order valence-electron chi connectivity index (χ2n) is 4.86. The van der Waals surface area contributed by atoms with Crippen LogP contribution in [-0.4, -0.2) is 35.5 Å². The fraction of sp³-hybridized carbons (Fsp3) is 1.00. The van der Waals surface area contributed by atoms with Gasteiger partial charge in [-0.2, -0.15) is 0 Å². The van der Waals surface area contributed by atoms with Crippen molar-refractivity contribution in [3.63, 3.8) is 0 Å². The van der Waals surface area contributed by atoms with Gasteiger partial charge in [0.25, 0.3) is 0 Å². The summed E-state index contributed by atoms with van der Waals surface area (Å²) >= 11 is 0. The monoisotopic (exact) mass is 201 g/mol. The van der Waals surface area contributed by atoms with E-state index in [4.69, 9.17) is 5.11 Å². The van der Waals surface area contributed by atoms with Crippen LogP contribution in [0.5, 0.6) is 0 Å². The fourth-order valence-electron chi connectivity index (χ4n) is 1.94. The lowest BCUT2D eigenvalue weighted by Gasteiger charge is -2.49. The van der Waals surface area contributed by atoms with Crippen LogP contribution in [-0.2, 0) is 0 Å². The lowest BCUT2D eigenvalue weighted by Crippen LogP contribution is -2.60. The molecule has 0 amide bonds. The fourth-order valence-corrected chi connectivity index (χ4v) is 1.94. The molecule has 2 unspecified atom stereocenters. The molecule has 3 heteroatoms. The maximum absolute atomic E-state index is 9.51. The van der Waals surface area contributed by atoms with Gasteiger partial charge >= 0.3 is 0 Å². The van der Waals surface area contributed by atoms with Crippen molar-refractivity contribution in [1.29, 1.82) is 0 Å². The zero-order valence-electron chi connectivity index (χ0n) is 9.29. The summed E-state index contributed by atoms with van der Waals surface area (Å²) < 4.78 is 0. The van der Waals surface area contributed by atoms with Gasteiger partial charge in [0.05, 0.1) is 6.10 Å². The van der Waals surface area contributed by atoms with Gasteiger partial charge in [-0.3, -0.25) is 0 Å². The Morgan fingerprint density at radius 3 is 2.50 bits per heavy atom. The topological polar surface area (TPSA) is 52.5 Å². The van der Waals surface area contributed by atoms with E-state index in [2.05, 4.69) is 19.2 Å². The molecular weight excluding hydrogens is 178 g/mol. The van der Waals surface area contributed by atoms with Crippen LogP contribution in [0.4, 0.5) is 0 Å². The van der Waals surface area contributed by atoms with Crippen molar-refractivity contribution in [1.82, 2.24) is 5.32 Å². The quantitative estimate of drug-likeness (QED) is 0.560. The van der Waals surface area contributed by atoms with E-state index in [9.17, 15) is 5.11 Å². The van der Waals surface area contributed by atoms with Crippen LogP contribution in [0.2, 0.25) is 0 Å². The van der Waals surface area contributed by atoms with Gasteiger partial charge in [0.2, 0.25) is 0 Å². The summed E-state index contributed by atoms with van der Waals surface area (Å²) in [5, 5.41) is 21.6. The van der Waals surface area contributed by atoms with E-state index in [1.807, 2.05) is 0 Å². The summed E-state index contributed by atoms with van der Waals surface area (Å²) in [6, 6.07) is 0.464. The van der Waals surface area contributed by atoms with E-state index in [1.165, 1.54) is 0 Å². The standard InChI is InChI=1S/C11H23NO2/c1-11(2)9(8-10(11)14)12-6-4-3-5-7-13/h9-10,12-14H,3-8H2,1-2H3. The summed E-state index contributed by atoms with van der Waals surface area (Å²) in [6.07, 6.45) is 3.84. The third kappa shape index (κ3) is 2.69. The third-order valence-corrected chi connectivity index (χ3v) is 3.44. The van der Waals surface area contributed by atoms with Crippen LogP contribution in [0.25, 0.3) is 0 Å². The Kier molecular flexibility index (Phi) is 4.35. The summed E-state index contributed by atoms with van der Waals surface area (Å²) in [4.78, 5) is 0. The molecule has 0 aromatic rings. The van der Waals surface area contributed by atoms with Crippen LogP contribution in [0.3, 0.4) is 0 Å². The molecule has 0 radical (unpaired) electrons. The van der Waals surface area contributed by atoms with E-state index in [-0.39, 0.29) is 11.5 Å². The molecule has 84 valence electrons. The first-order valence-electron chi connectivity index (χ1n) is 5.61. The first-order chi connectivity index (χ1) is 6.59.